The summed E-state index contributed by atoms with van der Waals surface area (Å²) in [4.78, 5) is 12.3. The summed E-state index contributed by atoms with van der Waals surface area (Å²) in [6, 6.07) is 11.5. The number of nitriles is 1. The number of aryl methyl sites for hydroxylation is 1. The summed E-state index contributed by atoms with van der Waals surface area (Å²) in [6.07, 6.45) is 0.836. The molecule has 0 aromatic heterocycles. The van der Waals surface area contributed by atoms with E-state index in [0.29, 0.717) is 11.6 Å². The summed E-state index contributed by atoms with van der Waals surface area (Å²) in [5.74, 6) is -3.41. The van der Waals surface area contributed by atoms with Crippen LogP contribution in [0.25, 0.3) is 0 Å². The van der Waals surface area contributed by atoms with E-state index in [1.807, 2.05) is 6.92 Å². The van der Waals surface area contributed by atoms with Crippen molar-refractivity contribution in [2.75, 3.05) is 0 Å². The molecule has 0 aliphatic heterocycles. The predicted molar refractivity (Wildman–Crippen MR) is 74.9 cm³/mol. The molecule has 0 aliphatic rings. The van der Waals surface area contributed by atoms with Gasteiger partial charge in [0.05, 0.1) is 6.07 Å². The first-order valence-electron chi connectivity index (χ1n) is 6.54. The van der Waals surface area contributed by atoms with Gasteiger partial charge in [0.1, 0.15) is 17.6 Å². The number of nitrogens with zero attached hydrogens (tertiary/aromatic N) is 1. The van der Waals surface area contributed by atoms with Crippen molar-refractivity contribution in [1.82, 2.24) is 0 Å². The molecule has 0 saturated heterocycles. The Morgan fingerprint density at radius 2 is 1.86 bits per heavy atom. The van der Waals surface area contributed by atoms with Crippen LogP contribution in [0.3, 0.4) is 0 Å². The monoisotopic (exact) mass is 285 g/mol. The van der Waals surface area contributed by atoms with Crippen LogP contribution < -0.4 is 0 Å². The molecule has 0 saturated carbocycles. The number of carbonyl (C=O) groups is 1. The van der Waals surface area contributed by atoms with Gasteiger partial charge in [-0.05, 0) is 18.1 Å². The van der Waals surface area contributed by atoms with Crippen LogP contribution in [-0.4, -0.2) is 5.78 Å². The minimum atomic E-state index is -1.28. The van der Waals surface area contributed by atoms with E-state index < -0.39 is 23.3 Å². The second kappa shape index (κ2) is 6.27. The van der Waals surface area contributed by atoms with Crippen LogP contribution in [0.2, 0.25) is 0 Å². The van der Waals surface area contributed by atoms with Gasteiger partial charge in [0.2, 0.25) is 0 Å². The average Bonchev–Trinajstić information content (AvgIpc) is 2.50. The molecule has 21 heavy (non-hydrogen) atoms. The molecule has 0 aliphatic carbocycles. The van der Waals surface area contributed by atoms with Gasteiger partial charge in [-0.2, -0.15) is 5.26 Å². The maximum atomic E-state index is 13.7. The van der Waals surface area contributed by atoms with Gasteiger partial charge >= 0.3 is 0 Å². The van der Waals surface area contributed by atoms with E-state index in [2.05, 4.69) is 0 Å². The third-order valence-corrected chi connectivity index (χ3v) is 3.31. The third kappa shape index (κ3) is 3.14. The Labute approximate surface area is 121 Å². The molecular weight excluding hydrogens is 272 g/mol. The summed E-state index contributed by atoms with van der Waals surface area (Å²) in [5.41, 5.74) is 1.29. The van der Waals surface area contributed by atoms with E-state index >= 15 is 0 Å². The molecule has 2 aromatic rings. The van der Waals surface area contributed by atoms with E-state index in [9.17, 15) is 18.8 Å². The third-order valence-electron chi connectivity index (χ3n) is 3.31. The van der Waals surface area contributed by atoms with E-state index in [-0.39, 0.29) is 5.56 Å². The van der Waals surface area contributed by atoms with Crippen molar-refractivity contribution >= 4 is 5.78 Å². The normalized spacial score (nSPS) is 11.7. The lowest BCUT2D eigenvalue weighted by molar-refractivity contribution is 0.0977. The molecule has 0 heterocycles. The molecule has 0 amide bonds. The SMILES string of the molecule is CCc1ccc(C(=O)C(C#N)c2ccc(F)cc2F)cc1. The van der Waals surface area contributed by atoms with Crippen LogP contribution >= 0.6 is 0 Å². The van der Waals surface area contributed by atoms with Crippen LogP contribution in [-0.2, 0) is 6.42 Å². The first kappa shape index (κ1) is 14.9. The van der Waals surface area contributed by atoms with E-state index in [4.69, 9.17) is 0 Å². The number of hydrogen-bond donors (Lipinski definition) is 0. The highest BCUT2D eigenvalue weighted by atomic mass is 19.1. The first-order valence-corrected chi connectivity index (χ1v) is 6.54. The molecule has 0 N–H and O–H groups in total. The molecule has 2 nitrogen and oxygen atoms in total. The summed E-state index contributed by atoms with van der Waals surface area (Å²) in [6.45, 7) is 1.99. The molecule has 4 heteroatoms. The Bertz CT molecular complexity index is 702. The van der Waals surface area contributed by atoms with Crippen LogP contribution in [0, 0.1) is 23.0 Å². The summed E-state index contributed by atoms with van der Waals surface area (Å²) < 4.78 is 26.7. The molecule has 1 unspecified atom stereocenters. The van der Waals surface area contributed by atoms with Gasteiger partial charge in [0, 0.05) is 17.2 Å². The minimum Gasteiger partial charge on any atom is -0.292 e. The van der Waals surface area contributed by atoms with Crippen LogP contribution in [0.1, 0.15) is 34.3 Å². The predicted octanol–water partition coefficient (Wildman–Crippen LogP) is 4.02. The summed E-state index contributed by atoms with van der Waals surface area (Å²) in [5, 5.41) is 9.17. The average molecular weight is 285 g/mol. The zero-order chi connectivity index (χ0) is 15.4. The number of carbonyl (C=O) groups excluding carboxylic acids is 1. The standard InChI is InChI=1S/C17H13F2NO/c1-2-11-3-5-12(6-4-11)17(21)15(10-20)14-8-7-13(18)9-16(14)19/h3-9,15H,2H2,1H3. The highest BCUT2D eigenvalue weighted by Crippen LogP contribution is 2.24. The van der Waals surface area contributed by atoms with Gasteiger partial charge in [0.25, 0.3) is 0 Å². The second-order valence-corrected chi connectivity index (χ2v) is 4.64. The molecule has 0 spiro atoms. The number of hydrogen-bond acceptors (Lipinski definition) is 2. The molecule has 0 bridgehead atoms. The second-order valence-electron chi connectivity index (χ2n) is 4.64. The lowest BCUT2D eigenvalue weighted by Gasteiger charge is -2.10. The molecule has 2 aromatic carbocycles. The lowest BCUT2D eigenvalue weighted by atomic mass is 9.91. The van der Waals surface area contributed by atoms with Gasteiger partial charge in [-0.3, -0.25) is 4.79 Å². The molecule has 106 valence electrons. The van der Waals surface area contributed by atoms with Crippen molar-refractivity contribution in [3.63, 3.8) is 0 Å². The minimum absolute atomic E-state index is 0.108. The number of rotatable bonds is 4. The zero-order valence-electron chi connectivity index (χ0n) is 11.4. The fraction of sp³-hybridized carbons (Fsp3) is 0.176. The topological polar surface area (TPSA) is 40.9 Å². The number of ketones is 1. The highest BCUT2D eigenvalue weighted by molar-refractivity contribution is 6.02. The smallest absolute Gasteiger partial charge is 0.184 e. The van der Waals surface area contributed by atoms with Gasteiger partial charge in [-0.15, -0.1) is 0 Å². The molecule has 2 rings (SSSR count). The Balaban J connectivity index is 2.36. The first-order chi connectivity index (χ1) is 10.1. The molecule has 1 atom stereocenters. The van der Waals surface area contributed by atoms with Crippen LogP contribution in [0.15, 0.2) is 42.5 Å². The van der Waals surface area contributed by atoms with Gasteiger partial charge in [-0.25, -0.2) is 8.78 Å². The van der Waals surface area contributed by atoms with Crippen molar-refractivity contribution in [2.45, 2.75) is 19.3 Å². The Kier molecular flexibility index (Phi) is 4.44. The van der Waals surface area contributed by atoms with Crippen LogP contribution in [0.4, 0.5) is 8.78 Å². The van der Waals surface area contributed by atoms with Crippen molar-refractivity contribution in [1.29, 1.82) is 5.26 Å². The maximum Gasteiger partial charge on any atom is 0.184 e. The Morgan fingerprint density at radius 1 is 1.19 bits per heavy atom. The Hall–Kier alpha value is -2.54. The van der Waals surface area contributed by atoms with Crippen LogP contribution in [0.5, 0.6) is 0 Å². The van der Waals surface area contributed by atoms with Gasteiger partial charge in [0.15, 0.2) is 5.78 Å². The van der Waals surface area contributed by atoms with E-state index in [0.717, 1.165) is 24.1 Å². The number of Topliss-reactive ketones (excluding diaryl/α,β-unsaturated/α-hetero) is 1. The quantitative estimate of drug-likeness (QED) is 0.796. The number of halogens is 2. The van der Waals surface area contributed by atoms with E-state index in [1.165, 1.54) is 0 Å². The zero-order valence-corrected chi connectivity index (χ0v) is 11.4. The Morgan fingerprint density at radius 3 is 2.38 bits per heavy atom. The van der Waals surface area contributed by atoms with Crippen molar-refractivity contribution in [3.8, 4) is 6.07 Å². The van der Waals surface area contributed by atoms with Gasteiger partial charge in [-0.1, -0.05) is 37.3 Å². The summed E-state index contributed by atoms with van der Waals surface area (Å²) >= 11 is 0. The maximum absolute atomic E-state index is 13.7. The molecule has 0 radical (unpaired) electrons. The molecule has 0 fully saturated rings. The summed E-state index contributed by atoms with van der Waals surface area (Å²) in [7, 11) is 0. The van der Waals surface area contributed by atoms with E-state index in [1.54, 1.807) is 30.3 Å². The van der Waals surface area contributed by atoms with Crippen molar-refractivity contribution in [2.24, 2.45) is 0 Å². The molecular formula is C17H13F2NO. The largest absolute Gasteiger partial charge is 0.292 e. The van der Waals surface area contributed by atoms with Gasteiger partial charge < -0.3 is 0 Å². The lowest BCUT2D eigenvalue weighted by Crippen LogP contribution is -2.13. The fourth-order valence-corrected chi connectivity index (χ4v) is 2.08. The van der Waals surface area contributed by atoms with Crippen molar-refractivity contribution < 1.29 is 13.6 Å². The fourth-order valence-electron chi connectivity index (χ4n) is 2.08. The van der Waals surface area contributed by atoms with Crippen molar-refractivity contribution in [3.05, 3.63) is 70.8 Å². The highest BCUT2D eigenvalue weighted by Gasteiger charge is 2.24. The number of benzene rings is 2.